The van der Waals surface area contributed by atoms with Crippen molar-refractivity contribution in [3.05, 3.63) is 47.8 Å². The predicted octanol–water partition coefficient (Wildman–Crippen LogP) is 2.49. The Bertz CT molecular complexity index is 516. The van der Waals surface area contributed by atoms with E-state index in [1.54, 1.807) is 6.26 Å². The second-order valence-electron chi connectivity index (χ2n) is 4.66. The van der Waals surface area contributed by atoms with Crippen molar-refractivity contribution in [3.8, 4) is 0 Å². The van der Waals surface area contributed by atoms with Crippen LogP contribution in [-0.4, -0.2) is 18.2 Å². The SMILES string of the molecule is CC1NC(=O)OC1C1=COC=C(C2=CC=CCC2)O1. The number of carbonyl (C=O) groups excluding carboxylic acids is 1. The highest BCUT2D eigenvalue weighted by Crippen LogP contribution is 2.29. The molecule has 2 heterocycles. The lowest BCUT2D eigenvalue weighted by Crippen LogP contribution is -2.30. The average molecular weight is 261 g/mol. The highest BCUT2D eigenvalue weighted by atomic mass is 16.6. The Labute approximate surface area is 111 Å². The van der Waals surface area contributed by atoms with Gasteiger partial charge in [0.2, 0.25) is 0 Å². The molecule has 2 unspecified atom stereocenters. The third-order valence-corrected chi connectivity index (χ3v) is 3.23. The van der Waals surface area contributed by atoms with E-state index in [1.165, 1.54) is 6.26 Å². The third kappa shape index (κ3) is 2.36. The van der Waals surface area contributed by atoms with E-state index in [0.717, 1.165) is 18.4 Å². The summed E-state index contributed by atoms with van der Waals surface area (Å²) in [4.78, 5) is 11.2. The Hall–Kier alpha value is -2.17. The van der Waals surface area contributed by atoms with Gasteiger partial charge in [0.05, 0.1) is 6.04 Å². The zero-order valence-corrected chi connectivity index (χ0v) is 10.6. The molecule has 3 rings (SSSR count). The number of amides is 1. The summed E-state index contributed by atoms with van der Waals surface area (Å²) >= 11 is 0. The fourth-order valence-corrected chi connectivity index (χ4v) is 2.23. The van der Waals surface area contributed by atoms with Gasteiger partial charge in [0.15, 0.2) is 17.6 Å². The average Bonchev–Trinajstić information content (AvgIpc) is 2.79. The molecule has 2 aliphatic heterocycles. The minimum absolute atomic E-state index is 0.137. The first kappa shape index (κ1) is 11.9. The van der Waals surface area contributed by atoms with Crippen LogP contribution in [0.2, 0.25) is 0 Å². The van der Waals surface area contributed by atoms with Crippen LogP contribution < -0.4 is 5.32 Å². The Morgan fingerprint density at radius 3 is 2.95 bits per heavy atom. The minimum atomic E-state index is -0.448. The zero-order chi connectivity index (χ0) is 13.2. The lowest BCUT2D eigenvalue weighted by atomic mass is 10.0. The predicted molar refractivity (Wildman–Crippen MR) is 67.7 cm³/mol. The number of allylic oxidation sites excluding steroid dienone is 4. The van der Waals surface area contributed by atoms with Gasteiger partial charge in [-0.2, -0.15) is 0 Å². The fourth-order valence-electron chi connectivity index (χ4n) is 2.23. The van der Waals surface area contributed by atoms with Crippen LogP contribution in [0.25, 0.3) is 0 Å². The maximum Gasteiger partial charge on any atom is 0.408 e. The second-order valence-corrected chi connectivity index (χ2v) is 4.66. The number of cyclic esters (lactones) is 1. The molecule has 0 aromatic heterocycles. The Kier molecular flexibility index (Phi) is 3.03. The van der Waals surface area contributed by atoms with E-state index in [1.807, 2.05) is 19.1 Å². The summed E-state index contributed by atoms with van der Waals surface area (Å²) in [6, 6.07) is -0.137. The lowest BCUT2D eigenvalue weighted by molar-refractivity contribution is 0.0995. The molecule has 0 saturated carbocycles. The van der Waals surface area contributed by atoms with E-state index >= 15 is 0 Å². The first-order chi connectivity index (χ1) is 9.24. The number of hydrogen-bond acceptors (Lipinski definition) is 4. The summed E-state index contributed by atoms with van der Waals surface area (Å²) < 4.78 is 16.3. The van der Waals surface area contributed by atoms with Crippen LogP contribution in [0, 0.1) is 0 Å². The van der Waals surface area contributed by atoms with Crippen molar-refractivity contribution in [2.24, 2.45) is 0 Å². The lowest BCUT2D eigenvalue weighted by Gasteiger charge is -2.23. The first-order valence-corrected chi connectivity index (χ1v) is 6.31. The molecular weight excluding hydrogens is 246 g/mol. The number of ether oxygens (including phenoxy) is 3. The number of hydrogen-bond donors (Lipinski definition) is 1. The van der Waals surface area contributed by atoms with Crippen molar-refractivity contribution in [1.29, 1.82) is 0 Å². The molecule has 19 heavy (non-hydrogen) atoms. The van der Waals surface area contributed by atoms with Crippen LogP contribution >= 0.6 is 0 Å². The smallest absolute Gasteiger partial charge is 0.408 e. The molecule has 2 atom stereocenters. The molecule has 0 spiro atoms. The van der Waals surface area contributed by atoms with Crippen LogP contribution in [0.1, 0.15) is 19.8 Å². The molecule has 0 aromatic carbocycles. The van der Waals surface area contributed by atoms with Gasteiger partial charge in [-0.1, -0.05) is 18.2 Å². The first-order valence-electron chi connectivity index (χ1n) is 6.31. The van der Waals surface area contributed by atoms with Crippen molar-refractivity contribution < 1.29 is 19.0 Å². The van der Waals surface area contributed by atoms with Gasteiger partial charge in [-0.25, -0.2) is 4.79 Å². The highest BCUT2D eigenvalue weighted by Gasteiger charge is 2.36. The normalized spacial score (nSPS) is 29.3. The number of nitrogens with one attached hydrogen (secondary N) is 1. The molecule has 1 saturated heterocycles. The van der Waals surface area contributed by atoms with Gasteiger partial charge in [-0.15, -0.1) is 0 Å². The number of alkyl carbamates (subject to hydrolysis) is 1. The van der Waals surface area contributed by atoms with Gasteiger partial charge in [0.25, 0.3) is 0 Å². The molecule has 5 heteroatoms. The van der Waals surface area contributed by atoms with Crippen LogP contribution in [0.3, 0.4) is 0 Å². The van der Waals surface area contributed by atoms with Gasteiger partial charge in [0, 0.05) is 0 Å². The molecule has 1 fully saturated rings. The van der Waals surface area contributed by atoms with Crippen molar-refractivity contribution in [1.82, 2.24) is 5.32 Å². The minimum Gasteiger partial charge on any atom is -0.465 e. The summed E-state index contributed by atoms with van der Waals surface area (Å²) in [5.74, 6) is 1.19. The van der Waals surface area contributed by atoms with Gasteiger partial charge >= 0.3 is 6.09 Å². The maximum absolute atomic E-state index is 11.2. The van der Waals surface area contributed by atoms with E-state index in [4.69, 9.17) is 14.2 Å². The standard InChI is InChI=1S/C14H15NO4/c1-9-13(19-14(16)15-9)12-8-17-7-11(18-12)10-5-3-2-4-6-10/h2-3,5,7-9,13H,4,6H2,1H3,(H,15,16). The molecule has 100 valence electrons. The second kappa shape index (κ2) is 4.84. The Morgan fingerprint density at radius 2 is 2.26 bits per heavy atom. The van der Waals surface area contributed by atoms with E-state index < -0.39 is 12.2 Å². The monoisotopic (exact) mass is 261 g/mol. The Morgan fingerprint density at radius 1 is 1.37 bits per heavy atom. The molecule has 1 N–H and O–H groups in total. The fraction of sp³-hybridized carbons (Fsp3) is 0.357. The number of carbonyl (C=O) groups is 1. The van der Waals surface area contributed by atoms with Crippen molar-refractivity contribution in [3.63, 3.8) is 0 Å². The van der Waals surface area contributed by atoms with Crippen LogP contribution in [0.5, 0.6) is 0 Å². The van der Waals surface area contributed by atoms with Gasteiger partial charge in [0.1, 0.15) is 12.5 Å². The summed E-state index contributed by atoms with van der Waals surface area (Å²) in [5.41, 5.74) is 1.08. The molecule has 1 amide bonds. The van der Waals surface area contributed by atoms with E-state index in [-0.39, 0.29) is 6.04 Å². The van der Waals surface area contributed by atoms with Gasteiger partial charge in [-0.3, -0.25) is 0 Å². The van der Waals surface area contributed by atoms with E-state index in [2.05, 4.69) is 11.4 Å². The molecule has 0 bridgehead atoms. The summed E-state index contributed by atoms with van der Waals surface area (Å²) in [6.45, 7) is 1.86. The largest absolute Gasteiger partial charge is 0.465 e. The summed E-state index contributed by atoms with van der Waals surface area (Å²) in [5, 5.41) is 2.68. The maximum atomic E-state index is 11.2. The summed E-state index contributed by atoms with van der Waals surface area (Å²) in [7, 11) is 0. The molecule has 0 radical (unpaired) electrons. The van der Waals surface area contributed by atoms with Crippen LogP contribution in [0.4, 0.5) is 4.79 Å². The highest BCUT2D eigenvalue weighted by molar-refractivity contribution is 5.70. The molecule has 1 aliphatic carbocycles. The van der Waals surface area contributed by atoms with Gasteiger partial charge < -0.3 is 19.5 Å². The quantitative estimate of drug-likeness (QED) is 0.829. The molecule has 5 nitrogen and oxygen atoms in total. The third-order valence-electron chi connectivity index (χ3n) is 3.23. The van der Waals surface area contributed by atoms with Crippen LogP contribution in [-0.2, 0) is 14.2 Å². The topological polar surface area (TPSA) is 56.8 Å². The van der Waals surface area contributed by atoms with Crippen molar-refractivity contribution in [2.75, 3.05) is 0 Å². The number of rotatable bonds is 2. The van der Waals surface area contributed by atoms with Crippen LogP contribution in [0.15, 0.2) is 47.8 Å². The van der Waals surface area contributed by atoms with E-state index in [9.17, 15) is 4.79 Å². The summed E-state index contributed by atoms with van der Waals surface area (Å²) in [6.07, 6.45) is 10.2. The molecule has 0 aromatic rings. The molecule has 3 aliphatic rings. The van der Waals surface area contributed by atoms with E-state index in [0.29, 0.717) is 11.5 Å². The molecular formula is C14H15NO4. The zero-order valence-electron chi connectivity index (χ0n) is 10.6. The Balaban J connectivity index is 1.73. The van der Waals surface area contributed by atoms with Gasteiger partial charge in [-0.05, 0) is 25.3 Å². The van der Waals surface area contributed by atoms with Crippen molar-refractivity contribution in [2.45, 2.75) is 31.9 Å². The van der Waals surface area contributed by atoms with Crippen molar-refractivity contribution >= 4 is 6.09 Å².